The molecule has 1 aliphatic rings. The molecule has 7 nitrogen and oxygen atoms in total. The van der Waals surface area contributed by atoms with Crippen LogP contribution in [0.25, 0.3) is 0 Å². The van der Waals surface area contributed by atoms with Crippen molar-refractivity contribution in [3.63, 3.8) is 0 Å². The van der Waals surface area contributed by atoms with Crippen LogP contribution >= 0.6 is 15.9 Å². The first kappa shape index (κ1) is 16.6. The molecule has 120 valence electrons. The smallest absolute Gasteiger partial charge is 0.407 e. The number of amides is 1. The molecule has 8 heteroatoms. The Morgan fingerprint density at radius 1 is 1.59 bits per heavy atom. The van der Waals surface area contributed by atoms with Gasteiger partial charge in [-0.15, -0.1) is 0 Å². The first-order chi connectivity index (χ1) is 10.2. The van der Waals surface area contributed by atoms with Gasteiger partial charge < -0.3 is 15.7 Å². The highest BCUT2D eigenvalue weighted by Crippen LogP contribution is 2.38. The molecule has 2 rings (SSSR count). The van der Waals surface area contributed by atoms with Gasteiger partial charge in [-0.2, -0.15) is 10.4 Å². The molecule has 1 amide bonds. The number of carbonyl (C=O) groups is 1. The van der Waals surface area contributed by atoms with Crippen LogP contribution in [0.4, 0.5) is 10.6 Å². The molecule has 0 aromatic carbocycles. The summed E-state index contributed by atoms with van der Waals surface area (Å²) >= 11 is 3.23. The van der Waals surface area contributed by atoms with Gasteiger partial charge in [-0.25, -0.2) is 9.48 Å². The molecule has 1 aromatic heterocycles. The number of hydrogen-bond acceptors (Lipinski definition) is 4. The summed E-state index contributed by atoms with van der Waals surface area (Å²) in [5.41, 5.74) is 6.10. The lowest BCUT2D eigenvalue weighted by Crippen LogP contribution is -2.46. The second-order valence-electron chi connectivity index (χ2n) is 6.68. The number of carboxylic acid groups (broad SMARTS) is 1. The third-order valence-corrected chi connectivity index (χ3v) is 4.68. The summed E-state index contributed by atoms with van der Waals surface area (Å²) in [5, 5.41) is 22.7. The van der Waals surface area contributed by atoms with Crippen LogP contribution in [0.3, 0.4) is 0 Å². The van der Waals surface area contributed by atoms with E-state index in [9.17, 15) is 9.90 Å². The number of nitrogens with zero attached hydrogens (tertiary/aromatic N) is 4. The average Bonchev–Trinajstić information content (AvgIpc) is 2.92. The highest BCUT2D eigenvalue weighted by Gasteiger charge is 2.44. The van der Waals surface area contributed by atoms with E-state index in [2.05, 4.69) is 21.0 Å². The predicted octanol–water partition coefficient (Wildman–Crippen LogP) is 2.51. The Hall–Kier alpha value is -1.75. The van der Waals surface area contributed by atoms with Crippen molar-refractivity contribution in [1.29, 1.82) is 5.26 Å². The first-order valence-electron chi connectivity index (χ1n) is 7.08. The van der Waals surface area contributed by atoms with Gasteiger partial charge in [0.15, 0.2) is 0 Å². The fourth-order valence-corrected chi connectivity index (χ4v) is 3.83. The number of nitriles is 1. The molecule has 0 aliphatic carbocycles. The Morgan fingerprint density at radius 3 is 2.68 bits per heavy atom. The van der Waals surface area contributed by atoms with Gasteiger partial charge in [0.1, 0.15) is 22.1 Å². The van der Waals surface area contributed by atoms with E-state index >= 15 is 0 Å². The van der Waals surface area contributed by atoms with Crippen LogP contribution in [0.15, 0.2) is 4.60 Å². The zero-order valence-corrected chi connectivity index (χ0v) is 14.5. The van der Waals surface area contributed by atoms with Gasteiger partial charge in [-0.1, -0.05) is 20.8 Å². The molecule has 2 heterocycles. The van der Waals surface area contributed by atoms with Gasteiger partial charge in [-0.05, 0) is 27.8 Å². The number of likely N-dealkylation sites (tertiary alicyclic amines) is 1. The van der Waals surface area contributed by atoms with Crippen LogP contribution in [0.1, 0.15) is 32.8 Å². The minimum atomic E-state index is -0.894. The Balaban J connectivity index is 2.29. The molecular weight excluding hydrogens is 350 g/mol. The van der Waals surface area contributed by atoms with Crippen molar-refractivity contribution in [3.05, 3.63) is 10.2 Å². The lowest BCUT2D eigenvalue weighted by molar-refractivity contribution is 0.0870. The molecule has 22 heavy (non-hydrogen) atoms. The molecule has 0 saturated carbocycles. The SMILES string of the molecule is CC(C)(C)C1[C@@H](Cn2nc(Br)c(C#N)c2N)CCN1C(=O)O. The Bertz CT molecular complexity index is 628. The van der Waals surface area contributed by atoms with E-state index < -0.39 is 6.09 Å². The summed E-state index contributed by atoms with van der Waals surface area (Å²) in [6.45, 7) is 7.12. The van der Waals surface area contributed by atoms with Gasteiger partial charge in [0.05, 0.1) is 0 Å². The Morgan fingerprint density at radius 2 is 2.23 bits per heavy atom. The summed E-state index contributed by atoms with van der Waals surface area (Å²) in [5.74, 6) is 0.424. The molecule has 0 radical (unpaired) electrons. The summed E-state index contributed by atoms with van der Waals surface area (Å²) in [4.78, 5) is 13.0. The third-order valence-electron chi connectivity index (χ3n) is 4.12. The van der Waals surface area contributed by atoms with Crippen molar-refractivity contribution >= 4 is 27.8 Å². The highest BCUT2D eigenvalue weighted by atomic mass is 79.9. The van der Waals surface area contributed by atoms with E-state index in [1.807, 2.05) is 26.8 Å². The fraction of sp³-hybridized carbons (Fsp3) is 0.643. The van der Waals surface area contributed by atoms with Crippen molar-refractivity contribution < 1.29 is 9.90 Å². The quantitative estimate of drug-likeness (QED) is 0.832. The van der Waals surface area contributed by atoms with Crippen LogP contribution in [0, 0.1) is 22.7 Å². The minimum absolute atomic E-state index is 0.108. The lowest BCUT2D eigenvalue weighted by atomic mass is 9.79. The lowest BCUT2D eigenvalue weighted by Gasteiger charge is -2.37. The van der Waals surface area contributed by atoms with Crippen LogP contribution in [0.5, 0.6) is 0 Å². The molecule has 0 spiro atoms. The maximum Gasteiger partial charge on any atom is 0.407 e. The van der Waals surface area contributed by atoms with Crippen LogP contribution in [0.2, 0.25) is 0 Å². The zero-order chi connectivity index (χ0) is 16.7. The van der Waals surface area contributed by atoms with Crippen molar-refractivity contribution in [2.24, 2.45) is 11.3 Å². The maximum atomic E-state index is 11.5. The average molecular weight is 370 g/mol. The fourth-order valence-electron chi connectivity index (χ4n) is 3.35. The van der Waals surface area contributed by atoms with Gasteiger partial charge in [0, 0.05) is 25.0 Å². The van der Waals surface area contributed by atoms with E-state index in [0.717, 1.165) is 6.42 Å². The number of nitrogen functional groups attached to an aromatic ring is 1. The minimum Gasteiger partial charge on any atom is -0.465 e. The molecule has 1 aromatic rings. The summed E-state index contributed by atoms with van der Waals surface area (Å²) in [6.07, 6.45) is -0.137. The van der Waals surface area contributed by atoms with Gasteiger partial charge >= 0.3 is 6.09 Å². The van der Waals surface area contributed by atoms with Gasteiger partial charge in [0.25, 0.3) is 0 Å². The number of hydrogen-bond donors (Lipinski definition) is 2. The molecule has 1 unspecified atom stereocenters. The molecule has 3 N–H and O–H groups in total. The Kier molecular flexibility index (Phi) is 4.38. The molecule has 1 fully saturated rings. The normalized spacial score (nSPS) is 21.9. The number of nitrogens with two attached hydrogens (primary N) is 1. The summed E-state index contributed by atoms with van der Waals surface area (Å²) in [6, 6.07) is 1.90. The standard InChI is InChI=1S/C14H20BrN5O2/c1-14(2,3)10-8(4-5-19(10)13(21)22)7-20-12(17)9(6-16)11(15)18-20/h8,10H,4-5,7,17H2,1-3H3,(H,21,22)/t8-,10?/m1/s1. The van der Waals surface area contributed by atoms with Gasteiger partial charge in [0.2, 0.25) is 0 Å². The largest absolute Gasteiger partial charge is 0.465 e. The van der Waals surface area contributed by atoms with Crippen LogP contribution in [-0.4, -0.2) is 38.5 Å². The van der Waals surface area contributed by atoms with Crippen molar-refractivity contribution in [1.82, 2.24) is 14.7 Å². The monoisotopic (exact) mass is 369 g/mol. The molecule has 2 atom stereocenters. The number of aromatic nitrogens is 2. The van der Waals surface area contributed by atoms with E-state index in [4.69, 9.17) is 11.0 Å². The third kappa shape index (κ3) is 2.90. The highest BCUT2D eigenvalue weighted by molar-refractivity contribution is 9.10. The molecule has 0 bridgehead atoms. The van der Waals surface area contributed by atoms with E-state index in [0.29, 0.717) is 29.1 Å². The van der Waals surface area contributed by atoms with Crippen molar-refractivity contribution in [2.75, 3.05) is 12.3 Å². The van der Waals surface area contributed by atoms with E-state index in [-0.39, 0.29) is 17.4 Å². The second-order valence-corrected chi connectivity index (χ2v) is 7.43. The summed E-state index contributed by atoms with van der Waals surface area (Å²) < 4.78 is 2.02. The maximum absolute atomic E-state index is 11.5. The van der Waals surface area contributed by atoms with E-state index in [1.54, 1.807) is 4.68 Å². The van der Waals surface area contributed by atoms with Gasteiger partial charge in [-0.3, -0.25) is 0 Å². The van der Waals surface area contributed by atoms with E-state index in [1.165, 1.54) is 4.90 Å². The topological polar surface area (TPSA) is 108 Å². The predicted molar refractivity (Wildman–Crippen MR) is 85.1 cm³/mol. The van der Waals surface area contributed by atoms with Crippen molar-refractivity contribution in [2.45, 2.75) is 39.8 Å². The van der Waals surface area contributed by atoms with Crippen molar-refractivity contribution in [3.8, 4) is 6.07 Å². The van der Waals surface area contributed by atoms with Crippen LogP contribution in [-0.2, 0) is 6.54 Å². The number of rotatable bonds is 2. The molecule has 1 aliphatic heterocycles. The zero-order valence-electron chi connectivity index (χ0n) is 12.9. The number of halogens is 1. The number of anilines is 1. The first-order valence-corrected chi connectivity index (χ1v) is 7.87. The Labute approximate surface area is 137 Å². The summed E-state index contributed by atoms with van der Waals surface area (Å²) in [7, 11) is 0. The molecule has 1 saturated heterocycles. The second kappa shape index (κ2) is 5.80. The van der Waals surface area contributed by atoms with Crippen LogP contribution < -0.4 is 5.73 Å². The molecular formula is C14H20BrN5O2.